The lowest BCUT2D eigenvalue weighted by atomic mass is 9.77. The number of benzene rings is 6. The Morgan fingerprint density at radius 2 is 0.565 bits per heavy atom. The van der Waals surface area contributed by atoms with Crippen molar-refractivity contribution in [2.45, 2.75) is 52.4 Å². The number of ketones is 1. The molecule has 0 amide bonds. The molecule has 0 aliphatic rings. The van der Waals surface area contributed by atoms with Crippen molar-refractivity contribution in [3.63, 3.8) is 0 Å². The van der Waals surface area contributed by atoms with Gasteiger partial charge >= 0.3 is 0 Å². The molecule has 0 aliphatic carbocycles. The van der Waals surface area contributed by atoms with E-state index in [0.29, 0.717) is 11.1 Å². The Hall–Kier alpha value is -5.01. The van der Waals surface area contributed by atoms with Crippen molar-refractivity contribution in [2.24, 2.45) is 0 Å². The van der Waals surface area contributed by atoms with Crippen LogP contribution in [0.4, 0.5) is 0 Å². The minimum Gasteiger partial charge on any atom is -0.289 e. The highest BCUT2D eigenvalue weighted by molar-refractivity contribution is 6.09. The summed E-state index contributed by atoms with van der Waals surface area (Å²) in [6.07, 6.45) is 0. The third kappa shape index (κ3) is 6.24. The summed E-state index contributed by atoms with van der Waals surface area (Å²) in [7, 11) is 0. The van der Waals surface area contributed by atoms with Gasteiger partial charge in [-0.05, 0) is 58.4 Å². The highest BCUT2D eigenvalue weighted by Gasteiger charge is 2.24. The average molecular weight is 599 g/mol. The third-order valence-corrected chi connectivity index (χ3v) is 9.72. The molecule has 1 nitrogen and oxygen atoms in total. The summed E-state index contributed by atoms with van der Waals surface area (Å²) in [6, 6.07) is 51.1. The van der Waals surface area contributed by atoms with E-state index in [1.54, 1.807) is 0 Å². The number of carbonyl (C=O) groups excluding carboxylic acids is 1. The van der Waals surface area contributed by atoms with Gasteiger partial charge in [-0.15, -0.1) is 0 Å². The van der Waals surface area contributed by atoms with Crippen molar-refractivity contribution in [2.75, 3.05) is 0 Å². The highest BCUT2D eigenvalue weighted by atomic mass is 16.1. The van der Waals surface area contributed by atoms with Crippen molar-refractivity contribution in [1.82, 2.24) is 0 Å². The van der Waals surface area contributed by atoms with Crippen LogP contribution >= 0.6 is 0 Å². The fourth-order valence-electron chi connectivity index (χ4n) is 6.23. The molecule has 1 heteroatoms. The molecule has 0 N–H and O–H groups in total. The number of carbonyl (C=O) groups is 1. The van der Waals surface area contributed by atoms with Gasteiger partial charge in [0.05, 0.1) is 0 Å². The normalized spacial score (nSPS) is 11.8. The highest BCUT2D eigenvalue weighted by Crippen LogP contribution is 2.34. The molecule has 0 bridgehead atoms. The quantitative estimate of drug-likeness (QED) is 0.159. The van der Waals surface area contributed by atoms with Crippen LogP contribution in [0.3, 0.4) is 0 Å². The SMILES string of the molecule is Cc1ccc(C(C)(C)c2ccc(-c3ccc(C(=O)c4ccc(-c5ccc(C(C)(C)c6ccc(C)cc6)cc5)cc4)cc3)cc2)cc1. The minimum absolute atomic E-state index is 0.0310. The van der Waals surface area contributed by atoms with Gasteiger partial charge in [0.15, 0.2) is 5.78 Å². The standard InChI is InChI=1S/C45H42O/c1-31-7-23-39(24-8-31)44(3,4)41-27-19-35(20-28-41)33-11-15-37(16-12-33)43(46)38-17-13-34(14-18-38)36-21-29-42(30-22-36)45(5,6)40-25-9-32(2)10-26-40/h7-30H,1-6H3. The maximum absolute atomic E-state index is 13.4. The van der Waals surface area contributed by atoms with Crippen LogP contribution in [-0.2, 0) is 10.8 Å². The zero-order chi connectivity index (χ0) is 32.5. The predicted octanol–water partition coefficient (Wildman–Crippen LogP) is 11.5. The summed E-state index contributed by atoms with van der Waals surface area (Å²) < 4.78 is 0. The maximum Gasteiger partial charge on any atom is 0.193 e. The fraction of sp³-hybridized carbons (Fsp3) is 0.178. The topological polar surface area (TPSA) is 17.1 Å². The molecule has 6 aromatic carbocycles. The van der Waals surface area contributed by atoms with E-state index >= 15 is 0 Å². The average Bonchev–Trinajstić information content (AvgIpc) is 3.08. The molecule has 0 saturated carbocycles. The van der Waals surface area contributed by atoms with Gasteiger partial charge in [-0.3, -0.25) is 4.79 Å². The summed E-state index contributed by atoms with van der Waals surface area (Å²) in [5.41, 5.74) is 13.4. The summed E-state index contributed by atoms with van der Waals surface area (Å²) in [6.45, 7) is 13.3. The van der Waals surface area contributed by atoms with E-state index in [2.05, 4.69) is 139 Å². The van der Waals surface area contributed by atoms with Gasteiger partial charge in [0.25, 0.3) is 0 Å². The van der Waals surface area contributed by atoms with Crippen LogP contribution in [0, 0.1) is 13.8 Å². The van der Waals surface area contributed by atoms with E-state index in [1.807, 2.05) is 48.5 Å². The van der Waals surface area contributed by atoms with Crippen molar-refractivity contribution < 1.29 is 4.79 Å². The minimum atomic E-state index is -0.0832. The first-order valence-corrected chi connectivity index (χ1v) is 16.1. The molecule has 0 heterocycles. The van der Waals surface area contributed by atoms with Crippen LogP contribution in [-0.4, -0.2) is 5.78 Å². The van der Waals surface area contributed by atoms with Gasteiger partial charge < -0.3 is 0 Å². The molecular formula is C45H42O. The molecule has 0 radical (unpaired) electrons. The molecule has 0 aromatic heterocycles. The van der Waals surface area contributed by atoms with Crippen LogP contribution < -0.4 is 0 Å². The molecule has 0 spiro atoms. The molecule has 6 aromatic rings. The van der Waals surface area contributed by atoms with Crippen LogP contribution in [0.1, 0.15) is 77.0 Å². The van der Waals surface area contributed by atoms with Crippen LogP contribution in [0.15, 0.2) is 146 Å². The lowest BCUT2D eigenvalue weighted by Gasteiger charge is -2.26. The van der Waals surface area contributed by atoms with Crippen LogP contribution in [0.25, 0.3) is 22.3 Å². The predicted molar refractivity (Wildman–Crippen MR) is 194 cm³/mol. The number of aryl methyl sites for hydroxylation is 2. The van der Waals surface area contributed by atoms with Gasteiger partial charge in [0.1, 0.15) is 0 Å². The molecule has 0 saturated heterocycles. The molecule has 0 unspecified atom stereocenters. The van der Waals surface area contributed by atoms with Crippen LogP contribution in [0.5, 0.6) is 0 Å². The largest absolute Gasteiger partial charge is 0.289 e. The fourth-order valence-corrected chi connectivity index (χ4v) is 6.23. The zero-order valence-corrected chi connectivity index (χ0v) is 27.8. The zero-order valence-electron chi connectivity index (χ0n) is 27.8. The Kier molecular flexibility index (Phi) is 8.36. The first-order valence-electron chi connectivity index (χ1n) is 16.1. The van der Waals surface area contributed by atoms with Crippen molar-refractivity contribution in [3.05, 3.63) is 190 Å². The molecule has 0 aliphatic heterocycles. The Balaban J connectivity index is 1.13. The Morgan fingerprint density at radius 3 is 0.826 bits per heavy atom. The summed E-state index contributed by atoms with van der Waals surface area (Å²) >= 11 is 0. The van der Waals surface area contributed by atoms with E-state index < -0.39 is 0 Å². The second-order valence-electron chi connectivity index (χ2n) is 13.6. The molecule has 0 fully saturated rings. The van der Waals surface area contributed by atoms with Crippen LogP contribution in [0.2, 0.25) is 0 Å². The van der Waals surface area contributed by atoms with Gasteiger partial charge in [-0.2, -0.15) is 0 Å². The maximum atomic E-state index is 13.4. The van der Waals surface area contributed by atoms with Gasteiger partial charge in [-0.25, -0.2) is 0 Å². The van der Waals surface area contributed by atoms with E-state index in [4.69, 9.17) is 0 Å². The Labute approximate surface area is 274 Å². The van der Waals surface area contributed by atoms with Crippen molar-refractivity contribution in [3.8, 4) is 22.3 Å². The van der Waals surface area contributed by atoms with E-state index in [-0.39, 0.29) is 16.6 Å². The molecule has 6 rings (SSSR count). The molecular weight excluding hydrogens is 556 g/mol. The Morgan fingerprint density at radius 1 is 0.348 bits per heavy atom. The second-order valence-corrected chi connectivity index (χ2v) is 13.6. The Bertz CT molecular complexity index is 1790. The summed E-state index contributed by atoms with van der Waals surface area (Å²) in [5, 5.41) is 0. The monoisotopic (exact) mass is 598 g/mol. The first kappa shape index (κ1) is 31.0. The van der Waals surface area contributed by atoms with Gasteiger partial charge in [0.2, 0.25) is 0 Å². The third-order valence-electron chi connectivity index (χ3n) is 9.72. The molecule has 228 valence electrons. The van der Waals surface area contributed by atoms with E-state index in [9.17, 15) is 4.79 Å². The second kappa shape index (κ2) is 12.4. The van der Waals surface area contributed by atoms with Gasteiger partial charge in [-0.1, -0.05) is 184 Å². The van der Waals surface area contributed by atoms with Crippen molar-refractivity contribution >= 4 is 5.78 Å². The lowest BCUT2D eigenvalue weighted by Crippen LogP contribution is -2.18. The van der Waals surface area contributed by atoms with Gasteiger partial charge in [0, 0.05) is 22.0 Å². The molecule has 46 heavy (non-hydrogen) atoms. The lowest BCUT2D eigenvalue weighted by molar-refractivity contribution is 0.103. The molecule has 0 atom stereocenters. The number of hydrogen-bond donors (Lipinski definition) is 0. The first-order chi connectivity index (χ1) is 22.0. The smallest absolute Gasteiger partial charge is 0.193 e. The summed E-state index contributed by atoms with van der Waals surface area (Å²) in [4.78, 5) is 13.4. The van der Waals surface area contributed by atoms with Crippen molar-refractivity contribution in [1.29, 1.82) is 0 Å². The summed E-state index contributed by atoms with van der Waals surface area (Å²) in [5.74, 6) is 0.0310. The van der Waals surface area contributed by atoms with E-state index in [1.165, 1.54) is 33.4 Å². The number of rotatable bonds is 8. The van der Waals surface area contributed by atoms with E-state index in [0.717, 1.165) is 22.3 Å². The number of hydrogen-bond acceptors (Lipinski definition) is 1.